The predicted octanol–water partition coefficient (Wildman–Crippen LogP) is 3.07. The van der Waals surface area contributed by atoms with Gasteiger partial charge in [-0.05, 0) is 30.2 Å². The number of nitrogens with zero attached hydrogens (tertiary/aromatic N) is 2. The number of halogens is 1. The molecule has 0 bridgehead atoms. The van der Waals surface area contributed by atoms with Crippen LogP contribution in [0.4, 0.5) is 15.8 Å². The smallest absolute Gasteiger partial charge is 0.233 e. The number of piperazine rings is 1. The quantitative estimate of drug-likeness (QED) is 0.824. The number of carbonyl (C=O) groups is 2. The van der Waals surface area contributed by atoms with E-state index in [9.17, 15) is 14.0 Å². The Labute approximate surface area is 158 Å². The van der Waals surface area contributed by atoms with Crippen molar-refractivity contribution in [3.8, 4) is 0 Å². The van der Waals surface area contributed by atoms with Crippen LogP contribution in [0.5, 0.6) is 0 Å². The molecule has 1 aliphatic heterocycles. The molecule has 1 saturated heterocycles. The van der Waals surface area contributed by atoms with E-state index in [1.807, 2.05) is 36.1 Å². The summed E-state index contributed by atoms with van der Waals surface area (Å²) in [5.41, 5.74) is 2.34. The van der Waals surface area contributed by atoms with Gasteiger partial charge in [-0.25, -0.2) is 4.39 Å². The first kappa shape index (κ1) is 18.9. The summed E-state index contributed by atoms with van der Waals surface area (Å²) < 4.78 is 13.9. The first-order valence-corrected chi connectivity index (χ1v) is 9.23. The normalized spacial score (nSPS) is 14.1. The Hall–Kier alpha value is -2.89. The van der Waals surface area contributed by atoms with Gasteiger partial charge >= 0.3 is 0 Å². The maximum atomic E-state index is 13.9. The lowest BCUT2D eigenvalue weighted by Crippen LogP contribution is -2.49. The third kappa shape index (κ3) is 4.64. The Morgan fingerprint density at radius 1 is 1.00 bits per heavy atom. The van der Waals surface area contributed by atoms with E-state index in [4.69, 9.17) is 0 Å². The molecule has 0 saturated carbocycles. The van der Waals surface area contributed by atoms with E-state index in [-0.39, 0.29) is 24.1 Å². The SMILES string of the molecule is CCc1ccccc1NC(=O)CC(=O)N1CCN(c2ccccc2F)CC1. The number of anilines is 2. The molecule has 3 rings (SSSR count). The third-order valence-corrected chi connectivity index (χ3v) is 4.81. The van der Waals surface area contributed by atoms with Crippen molar-refractivity contribution in [2.45, 2.75) is 19.8 Å². The zero-order valence-corrected chi connectivity index (χ0v) is 15.5. The topological polar surface area (TPSA) is 52.7 Å². The average molecular weight is 369 g/mol. The largest absolute Gasteiger partial charge is 0.366 e. The van der Waals surface area contributed by atoms with Crippen molar-refractivity contribution < 1.29 is 14.0 Å². The molecule has 0 atom stereocenters. The zero-order chi connectivity index (χ0) is 19.2. The van der Waals surface area contributed by atoms with Crippen molar-refractivity contribution in [2.75, 3.05) is 36.4 Å². The van der Waals surface area contributed by atoms with Gasteiger partial charge in [0.25, 0.3) is 0 Å². The summed E-state index contributed by atoms with van der Waals surface area (Å²) in [6.07, 6.45) is 0.625. The first-order chi connectivity index (χ1) is 13.1. The molecular weight excluding hydrogens is 345 g/mol. The molecule has 2 aromatic rings. The molecule has 0 spiro atoms. The fraction of sp³-hybridized carbons (Fsp3) is 0.333. The van der Waals surface area contributed by atoms with Gasteiger partial charge in [-0.2, -0.15) is 0 Å². The molecule has 27 heavy (non-hydrogen) atoms. The molecule has 1 aliphatic rings. The molecule has 1 heterocycles. The van der Waals surface area contributed by atoms with E-state index < -0.39 is 0 Å². The summed E-state index contributed by atoms with van der Waals surface area (Å²) >= 11 is 0. The average Bonchev–Trinajstić information content (AvgIpc) is 2.69. The highest BCUT2D eigenvalue weighted by Gasteiger charge is 2.24. The first-order valence-electron chi connectivity index (χ1n) is 9.23. The van der Waals surface area contributed by atoms with Crippen LogP contribution in [0.25, 0.3) is 0 Å². The summed E-state index contributed by atoms with van der Waals surface area (Å²) in [5.74, 6) is -0.765. The Morgan fingerprint density at radius 3 is 2.37 bits per heavy atom. The highest BCUT2D eigenvalue weighted by molar-refractivity contribution is 6.03. The minimum Gasteiger partial charge on any atom is -0.366 e. The molecule has 0 radical (unpaired) electrons. The van der Waals surface area contributed by atoms with E-state index >= 15 is 0 Å². The fourth-order valence-corrected chi connectivity index (χ4v) is 3.30. The van der Waals surface area contributed by atoms with E-state index in [1.54, 1.807) is 23.1 Å². The summed E-state index contributed by atoms with van der Waals surface area (Å²) in [6, 6.07) is 14.2. The fourth-order valence-electron chi connectivity index (χ4n) is 3.30. The van der Waals surface area contributed by atoms with Gasteiger partial charge in [0.1, 0.15) is 12.2 Å². The monoisotopic (exact) mass is 369 g/mol. The molecule has 0 aliphatic carbocycles. The molecule has 2 amide bonds. The lowest BCUT2D eigenvalue weighted by atomic mass is 10.1. The van der Waals surface area contributed by atoms with Crippen LogP contribution >= 0.6 is 0 Å². The minimum atomic E-state index is -0.308. The second-order valence-corrected chi connectivity index (χ2v) is 6.55. The van der Waals surface area contributed by atoms with Gasteiger partial charge in [-0.3, -0.25) is 9.59 Å². The number of hydrogen-bond acceptors (Lipinski definition) is 3. The second kappa shape index (κ2) is 8.66. The molecule has 1 N–H and O–H groups in total. The Morgan fingerprint density at radius 2 is 1.67 bits per heavy atom. The van der Waals surface area contributed by atoms with Crippen molar-refractivity contribution in [3.05, 3.63) is 59.9 Å². The molecule has 0 aromatic heterocycles. The third-order valence-electron chi connectivity index (χ3n) is 4.81. The van der Waals surface area contributed by atoms with Crippen LogP contribution in [-0.2, 0) is 16.0 Å². The van der Waals surface area contributed by atoms with Crippen LogP contribution in [0.1, 0.15) is 18.9 Å². The van der Waals surface area contributed by atoms with Crippen molar-refractivity contribution in [1.29, 1.82) is 0 Å². The zero-order valence-electron chi connectivity index (χ0n) is 15.5. The molecule has 2 aromatic carbocycles. The second-order valence-electron chi connectivity index (χ2n) is 6.55. The van der Waals surface area contributed by atoms with Gasteiger partial charge in [-0.15, -0.1) is 0 Å². The lowest BCUT2D eigenvalue weighted by molar-refractivity contribution is -0.134. The van der Waals surface area contributed by atoms with Crippen molar-refractivity contribution in [1.82, 2.24) is 4.90 Å². The van der Waals surface area contributed by atoms with Gasteiger partial charge < -0.3 is 15.1 Å². The van der Waals surface area contributed by atoms with E-state index in [0.29, 0.717) is 31.9 Å². The maximum Gasteiger partial charge on any atom is 0.233 e. The number of amides is 2. The van der Waals surface area contributed by atoms with Crippen molar-refractivity contribution in [3.63, 3.8) is 0 Å². The predicted molar refractivity (Wildman–Crippen MR) is 104 cm³/mol. The highest BCUT2D eigenvalue weighted by atomic mass is 19.1. The number of aryl methyl sites for hydroxylation is 1. The summed E-state index contributed by atoms with van der Waals surface area (Å²) in [6.45, 7) is 4.07. The van der Waals surface area contributed by atoms with Gasteiger partial charge in [0.05, 0.1) is 5.69 Å². The van der Waals surface area contributed by atoms with Crippen LogP contribution in [0, 0.1) is 5.82 Å². The lowest BCUT2D eigenvalue weighted by Gasteiger charge is -2.36. The van der Waals surface area contributed by atoms with Crippen LogP contribution in [0.3, 0.4) is 0 Å². The van der Waals surface area contributed by atoms with Crippen molar-refractivity contribution in [2.24, 2.45) is 0 Å². The summed E-state index contributed by atoms with van der Waals surface area (Å²) in [4.78, 5) is 28.3. The molecule has 0 unspecified atom stereocenters. The van der Waals surface area contributed by atoms with Gasteiger partial charge in [0, 0.05) is 31.9 Å². The number of benzene rings is 2. The Kier molecular flexibility index (Phi) is 6.06. The van der Waals surface area contributed by atoms with Crippen LogP contribution in [0.15, 0.2) is 48.5 Å². The van der Waals surface area contributed by atoms with E-state index in [2.05, 4.69) is 5.32 Å². The number of carbonyl (C=O) groups excluding carboxylic acids is 2. The number of nitrogens with one attached hydrogen (secondary N) is 1. The van der Waals surface area contributed by atoms with Gasteiger partial charge in [0.15, 0.2) is 0 Å². The standard InChI is InChI=1S/C21H24FN3O2/c1-2-16-7-3-5-9-18(16)23-20(26)15-21(27)25-13-11-24(12-14-25)19-10-6-4-8-17(19)22/h3-10H,2,11-15H2,1H3,(H,23,26). The number of rotatable bonds is 5. The van der Waals surface area contributed by atoms with Gasteiger partial charge in [0.2, 0.25) is 11.8 Å². The highest BCUT2D eigenvalue weighted by Crippen LogP contribution is 2.20. The molecule has 5 nitrogen and oxygen atoms in total. The van der Waals surface area contributed by atoms with E-state index in [1.165, 1.54) is 6.07 Å². The minimum absolute atomic E-state index is 0.183. The van der Waals surface area contributed by atoms with Crippen LogP contribution in [-0.4, -0.2) is 42.9 Å². The molecular formula is C21H24FN3O2. The van der Waals surface area contributed by atoms with Crippen LogP contribution < -0.4 is 10.2 Å². The Balaban J connectivity index is 1.52. The Bertz CT molecular complexity index is 817. The number of hydrogen-bond donors (Lipinski definition) is 1. The molecule has 1 fully saturated rings. The van der Waals surface area contributed by atoms with Gasteiger partial charge in [-0.1, -0.05) is 37.3 Å². The maximum absolute atomic E-state index is 13.9. The van der Waals surface area contributed by atoms with E-state index in [0.717, 1.165) is 17.7 Å². The summed E-state index contributed by atoms with van der Waals surface area (Å²) in [7, 11) is 0. The van der Waals surface area contributed by atoms with Crippen LogP contribution in [0.2, 0.25) is 0 Å². The molecule has 6 heteroatoms. The van der Waals surface area contributed by atoms with Crippen molar-refractivity contribution >= 4 is 23.2 Å². The molecule has 142 valence electrons. The number of para-hydroxylation sites is 2. The summed E-state index contributed by atoms with van der Waals surface area (Å²) in [5, 5.41) is 2.83.